The van der Waals surface area contributed by atoms with Gasteiger partial charge in [-0.1, -0.05) is 37.3 Å². The van der Waals surface area contributed by atoms with E-state index in [0.717, 1.165) is 36.4 Å². The van der Waals surface area contributed by atoms with Gasteiger partial charge in [0.25, 0.3) is 5.91 Å². The zero-order valence-electron chi connectivity index (χ0n) is 23.7. The normalized spacial score (nSPS) is 20.4. The maximum absolute atomic E-state index is 13.3. The van der Waals surface area contributed by atoms with Crippen LogP contribution in [0.2, 0.25) is 0 Å². The van der Waals surface area contributed by atoms with E-state index < -0.39 is 11.5 Å². The van der Waals surface area contributed by atoms with Crippen molar-refractivity contribution in [3.63, 3.8) is 0 Å². The molecule has 4 aromatic rings. The number of anilines is 2. The number of amides is 1. The Kier molecular flexibility index (Phi) is 6.63. The van der Waals surface area contributed by atoms with E-state index in [1.807, 2.05) is 26.1 Å². The third-order valence-corrected chi connectivity index (χ3v) is 8.73. The summed E-state index contributed by atoms with van der Waals surface area (Å²) in [6.07, 6.45) is 5.97. The molecule has 1 aromatic carbocycles. The minimum absolute atomic E-state index is 0.0236. The number of nitrogens with one attached hydrogen (secondary N) is 1. The first-order valence-corrected chi connectivity index (χ1v) is 14.1. The highest BCUT2D eigenvalue weighted by atomic mass is 16.4. The molecule has 0 unspecified atom stereocenters. The van der Waals surface area contributed by atoms with Gasteiger partial charge in [-0.25, -0.2) is 19.3 Å². The average Bonchev–Trinajstić information content (AvgIpc) is 3.59. The molecule has 0 bridgehead atoms. The Bertz CT molecular complexity index is 1610. The Labute approximate surface area is 239 Å². The maximum Gasteiger partial charge on any atom is 0.354 e. The van der Waals surface area contributed by atoms with Crippen molar-refractivity contribution in [3.8, 4) is 0 Å². The third-order valence-electron chi connectivity index (χ3n) is 8.73. The molecular weight excluding hydrogens is 518 g/mol. The number of carboxylic acid groups (broad SMARTS) is 1. The van der Waals surface area contributed by atoms with Gasteiger partial charge < -0.3 is 20.2 Å². The lowest BCUT2D eigenvalue weighted by molar-refractivity contribution is 0.0690. The second-order valence-corrected chi connectivity index (χ2v) is 11.9. The van der Waals surface area contributed by atoms with Gasteiger partial charge in [0, 0.05) is 49.0 Å². The van der Waals surface area contributed by atoms with Gasteiger partial charge in [0.05, 0.1) is 11.9 Å². The first-order chi connectivity index (χ1) is 19.6. The molecule has 212 valence electrons. The highest BCUT2D eigenvalue weighted by Gasteiger charge is 2.36. The monoisotopic (exact) mass is 553 g/mol. The zero-order chi connectivity index (χ0) is 28.8. The summed E-state index contributed by atoms with van der Waals surface area (Å²) >= 11 is 0. The topological polar surface area (TPSA) is 116 Å². The van der Waals surface area contributed by atoms with Crippen LogP contribution in [-0.4, -0.2) is 68.3 Å². The second kappa shape index (κ2) is 10.2. The molecule has 1 atom stereocenters. The minimum atomic E-state index is -1.05. The van der Waals surface area contributed by atoms with Crippen molar-refractivity contribution in [2.24, 2.45) is 0 Å². The third kappa shape index (κ3) is 5.21. The van der Waals surface area contributed by atoms with Gasteiger partial charge in [-0.05, 0) is 62.4 Å². The minimum Gasteiger partial charge on any atom is -0.477 e. The molecule has 2 aliphatic rings. The largest absolute Gasteiger partial charge is 0.477 e. The smallest absolute Gasteiger partial charge is 0.354 e. The summed E-state index contributed by atoms with van der Waals surface area (Å²) in [7, 11) is 0. The molecule has 0 aliphatic carbocycles. The van der Waals surface area contributed by atoms with Gasteiger partial charge in [0.2, 0.25) is 5.82 Å². The molecule has 3 aromatic heterocycles. The number of hydrogen-bond acceptors (Lipinski definition) is 7. The van der Waals surface area contributed by atoms with E-state index in [2.05, 4.69) is 73.5 Å². The van der Waals surface area contributed by atoms with Crippen molar-refractivity contribution in [2.75, 3.05) is 36.0 Å². The Balaban J connectivity index is 1.14. The molecule has 6 rings (SSSR count). The van der Waals surface area contributed by atoms with Crippen LogP contribution in [0.15, 0.2) is 60.9 Å². The van der Waals surface area contributed by atoms with E-state index in [4.69, 9.17) is 0 Å². The lowest BCUT2D eigenvalue weighted by Gasteiger charge is -2.40. The van der Waals surface area contributed by atoms with Crippen LogP contribution >= 0.6 is 0 Å². The second-order valence-electron chi connectivity index (χ2n) is 11.9. The van der Waals surface area contributed by atoms with Crippen molar-refractivity contribution in [3.05, 3.63) is 83.6 Å². The van der Waals surface area contributed by atoms with Crippen LogP contribution in [0.3, 0.4) is 0 Å². The molecule has 2 saturated heterocycles. The fourth-order valence-electron chi connectivity index (χ4n) is 6.10. The Morgan fingerprint density at radius 3 is 2.41 bits per heavy atom. The molecule has 10 nitrogen and oxygen atoms in total. The number of aryl methyl sites for hydroxylation is 1. The molecule has 0 spiro atoms. The van der Waals surface area contributed by atoms with Crippen molar-refractivity contribution < 1.29 is 14.7 Å². The van der Waals surface area contributed by atoms with Gasteiger partial charge in [0.1, 0.15) is 5.69 Å². The maximum atomic E-state index is 13.3. The van der Waals surface area contributed by atoms with Crippen LogP contribution in [0, 0.1) is 6.92 Å². The number of pyridine rings is 2. The van der Waals surface area contributed by atoms with Crippen molar-refractivity contribution in [1.82, 2.24) is 24.9 Å². The van der Waals surface area contributed by atoms with E-state index in [1.54, 1.807) is 10.6 Å². The number of hydrogen-bond donors (Lipinski definition) is 2. The summed E-state index contributed by atoms with van der Waals surface area (Å²) in [6.45, 7) is 9.58. The summed E-state index contributed by atoms with van der Waals surface area (Å²) in [4.78, 5) is 37.6. The molecular formula is C31H35N7O3. The van der Waals surface area contributed by atoms with Crippen LogP contribution in [0.4, 0.5) is 11.4 Å². The van der Waals surface area contributed by atoms with Gasteiger partial charge in [-0.3, -0.25) is 4.79 Å². The number of fused-ring (bicyclic) bond motifs is 1. The van der Waals surface area contributed by atoms with Gasteiger partial charge in [-0.2, -0.15) is 0 Å². The summed E-state index contributed by atoms with van der Waals surface area (Å²) in [6, 6.07) is 16.2. The first kappa shape index (κ1) is 26.7. The average molecular weight is 554 g/mol. The predicted octanol–water partition coefficient (Wildman–Crippen LogP) is 4.09. The SMILES string of the molecule is Cc1cc(N2CC[C@](C)(c3ccccc3)C2)cn2nc(C(=O)NC3(C)CCN(c4ccnc(C(=O)O)c4)CC3)nc12. The zero-order valence-corrected chi connectivity index (χ0v) is 23.7. The van der Waals surface area contributed by atoms with E-state index in [-0.39, 0.29) is 22.8 Å². The number of carbonyl (C=O) groups is 2. The van der Waals surface area contributed by atoms with E-state index in [0.29, 0.717) is 31.6 Å². The molecule has 1 amide bonds. The fourth-order valence-corrected chi connectivity index (χ4v) is 6.10. The number of rotatable bonds is 6. The lowest BCUT2D eigenvalue weighted by atomic mass is 9.82. The number of carbonyl (C=O) groups excluding carboxylic acids is 1. The van der Waals surface area contributed by atoms with Gasteiger partial charge in [-0.15, -0.1) is 5.10 Å². The summed E-state index contributed by atoms with van der Waals surface area (Å²) in [5.41, 5.74) is 4.58. The van der Waals surface area contributed by atoms with Crippen molar-refractivity contribution in [2.45, 2.75) is 51.0 Å². The molecule has 0 radical (unpaired) electrons. The Hall–Kier alpha value is -4.47. The highest BCUT2D eigenvalue weighted by Crippen LogP contribution is 2.36. The summed E-state index contributed by atoms with van der Waals surface area (Å²) < 4.78 is 1.73. The van der Waals surface area contributed by atoms with E-state index >= 15 is 0 Å². The van der Waals surface area contributed by atoms with Gasteiger partial charge >= 0.3 is 5.97 Å². The molecule has 2 fully saturated rings. The van der Waals surface area contributed by atoms with E-state index in [9.17, 15) is 14.7 Å². The molecule has 2 aliphatic heterocycles. The predicted molar refractivity (Wildman–Crippen MR) is 157 cm³/mol. The Morgan fingerprint density at radius 1 is 0.951 bits per heavy atom. The number of carboxylic acids is 1. The number of nitrogens with zero attached hydrogens (tertiary/aromatic N) is 6. The number of aromatic nitrogens is 4. The Morgan fingerprint density at radius 2 is 1.68 bits per heavy atom. The van der Waals surface area contributed by atoms with Crippen LogP contribution in [0.25, 0.3) is 5.65 Å². The standard InChI is InChI=1S/C31H35N7O3/c1-21-17-24(37-14-10-30(2,20-37)22-7-5-4-6-8-22)19-38-27(21)33-26(35-38)28(39)34-31(3)11-15-36(16-12-31)23-9-13-32-25(18-23)29(40)41/h4-9,13,17-19H,10-12,14-16,20H2,1-3H3,(H,34,39)(H,40,41)/t30-/m0/s1. The fraction of sp³-hybridized carbons (Fsp3) is 0.387. The lowest BCUT2D eigenvalue weighted by Crippen LogP contribution is -2.53. The van der Waals surface area contributed by atoms with E-state index in [1.165, 1.54) is 11.8 Å². The summed E-state index contributed by atoms with van der Waals surface area (Å²) in [5, 5.41) is 17.0. The number of piperidine rings is 1. The van der Waals surface area contributed by atoms with Crippen LogP contribution in [0.1, 0.15) is 65.3 Å². The molecule has 5 heterocycles. The van der Waals surface area contributed by atoms with Crippen LogP contribution in [0.5, 0.6) is 0 Å². The molecule has 2 N–H and O–H groups in total. The first-order valence-electron chi connectivity index (χ1n) is 14.1. The van der Waals surface area contributed by atoms with Crippen LogP contribution in [-0.2, 0) is 5.41 Å². The van der Waals surface area contributed by atoms with Crippen LogP contribution < -0.4 is 15.1 Å². The van der Waals surface area contributed by atoms with Crippen molar-refractivity contribution in [1.29, 1.82) is 0 Å². The highest BCUT2D eigenvalue weighted by molar-refractivity contribution is 5.91. The quantitative estimate of drug-likeness (QED) is 0.367. The summed E-state index contributed by atoms with van der Waals surface area (Å²) in [5.74, 6) is -1.18. The molecule has 41 heavy (non-hydrogen) atoms. The number of benzene rings is 1. The van der Waals surface area contributed by atoms with Crippen molar-refractivity contribution >= 4 is 28.9 Å². The molecule has 0 saturated carbocycles. The molecule has 10 heteroatoms. The number of aromatic carboxylic acids is 1. The van der Waals surface area contributed by atoms with Gasteiger partial charge in [0.15, 0.2) is 5.65 Å².